The van der Waals surface area contributed by atoms with Crippen LogP contribution in [0.4, 0.5) is 0 Å². The van der Waals surface area contributed by atoms with Crippen LogP contribution in [0.3, 0.4) is 0 Å². The smallest absolute Gasteiger partial charge is 0.312 e. The Morgan fingerprint density at radius 2 is 2.15 bits per heavy atom. The minimum absolute atomic E-state index is 0.0233. The van der Waals surface area contributed by atoms with E-state index in [0.29, 0.717) is 13.0 Å². The van der Waals surface area contributed by atoms with Crippen LogP contribution >= 0.6 is 11.8 Å². The van der Waals surface area contributed by atoms with Crippen LogP contribution in [0.5, 0.6) is 0 Å². The highest BCUT2D eigenvalue weighted by atomic mass is 32.2. The van der Waals surface area contributed by atoms with E-state index >= 15 is 0 Å². The fraction of sp³-hybridized carbons (Fsp3) is 0.562. The number of hydrogen-bond donors (Lipinski definition) is 1. The zero-order valence-corrected chi connectivity index (χ0v) is 13.1. The third-order valence-corrected chi connectivity index (χ3v) is 4.89. The number of carbonyl (C=O) groups excluding carboxylic acids is 1. The molecule has 4 heteroatoms. The van der Waals surface area contributed by atoms with Gasteiger partial charge in [-0.25, -0.2) is 0 Å². The Morgan fingerprint density at radius 1 is 1.45 bits per heavy atom. The summed E-state index contributed by atoms with van der Waals surface area (Å²) in [6, 6.07) is 7.81. The van der Waals surface area contributed by atoms with E-state index in [1.54, 1.807) is 18.7 Å². The van der Waals surface area contributed by atoms with Crippen molar-refractivity contribution in [3.63, 3.8) is 0 Å². The summed E-state index contributed by atoms with van der Waals surface area (Å²) < 4.78 is 5.19. The van der Waals surface area contributed by atoms with Gasteiger partial charge in [-0.05, 0) is 30.9 Å². The summed E-state index contributed by atoms with van der Waals surface area (Å²) >= 11 is 1.73. The van der Waals surface area contributed by atoms with Gasteiger partial charge in [0.05, 0.1) is 12.5 Å². The molecule has 0 spiro atoms. The largest absolute Gasteiger partial charge is 0.466 e. The van der Waals surface area contributed by atoms with Crippen molar-refractivity contribution in [2.75, 3.05) is 12.4 Å². The first kappa shape index (κ1) is 15.4. The van der Waals surface area contributed by atoms with E-state index in [4.69, 9.17) is 4.74 Å². The lowest BCUT2D eigenvalue weighted by molar-refractivity contribution is -0.164. The van der Waals surface area contributed by atoms with Crippen LogP contribution in [0.1, 0.15) is 32.8 Å². The van der Waals surface area contributed by atoms with Crippen molar-refractivity contribution in [2.45, 2.75) is 37.7 Å². The quantitative estimate of drug-likeness (QED) is 0.866. The van der Waals surface area contributed by atoms with E-state index in [9.17, 15) is 9.90 Å². The van der Waals surface area contributed by atoms with Gasteiger partial charge in [-0.1, -0.05) is 32.0 Å². The Bertz CT molecular complexity index is 486. The molecule has 1 N–H and O–H groups in total. The highest BCUT2D eigenvalue weighted by Gasteiger charge is 2.47. The number of rotatable bonds is 4. The second-order valence-corrected chi connectivity index (χ2v) is 6.63. The average Bonchev–Trinajstić information content (AvgIpc) is 2.39. The lowest BCUT2D eigenvalue weighted by Crippen LogP contribution is -2.45. The Labute approximate surface area is 124 Å². The number of thioether (sulfide) groups is 1. The number of fused-ring (bicyclic) bond motifs is 1. The van der Waals surface area contributed by atoms with Gasteiger partial charge in [-0.2, -0.15) is 0 Å². The molecule has 0 saturated heterocycles. The van der Waals surface area contributed by atoms with Gasteiger partial charge in [0.1, 0.15) is 5.60 Å². The number of carbonyl (C=O) groups is 1. The molecule has 0 aromatic heterocycles. The Morgan fingerprint density at radius 3 is 2.80 bits per heavy atom. The second kappa shape index (κ2) is 6.19. The number of hydrogen-bond acceptors (Lipinski definition) is 4. The fourth-order valence-corrected chi connectivity index (χ4v) is 4.18. The van der Waals surface area contributed by atoms with Crippen molar-refractivity contribution in [3.05, 3.63) is 29.8 Å². The molecule has 1 aliphatic rings. The van der Waals surface area contributed by atoms with E-state index in [1.807, 2.05) is 38.1 Å². The van der Waals surface area contributed by atoms with Crippen molar-refractivity contribution in [3.8, 4) is 0 Å². The van der Waals surface area contributed by atoms with Gasteiger partial charge in [0.2, 0.25) is 0 Å². The molecule has 1 aliphatic heterocycles. The topological polar surface area (TPSA) is 46.5 Å². The predicted octanol–water partition coefficient (Wildman–Crippen LogP) is 3.21. The van der Waals surface area contributed by atoms with E-state index in [1.165, 1.54) is 0 Å². The molecule has 1 heterocycles. The molecular weight excluding hydrogens is 272 g/mol. The zero-order valence-electron chi connectivity index (χ0n) is 12.3. The van der Waals surface area contributed by atoms with Gasteiger partial charge in [0.15, 0.2) is 0 Å². The lowest BCUT2D eigenvalue weighted by atomic mass is 9.73. The maximum Gasteiger partial charge on any atom is 0.312 e. The summed E-state index contributed by atoms with van der Waals surface area (Å²) in [4.78, 5) is 13.4. The van der Waals surface area contributed by atoms with Gasteiger partial charge in [0.25, 0.3) is 0 Å². The highest BCUT2D eigenvalue weighted by molar-refractivity contribution is 7.99. The molecule has 20 heavy (non-hydrogen) atoms. The second-order valence-electron chi connectivity index (χ2n) is 5.49. The van der Waals surface area contributed by atoms with Crippen molar-refractivity contribution >= 4 is 17.7 Å². The highest BCUT2D eigenvalue weighted by Crippen LogP contribution is 2.46. The SMILES string of the molecule is CCOC(=O)C(C(C)C)C1(O)CCSc2ccccc21. The van der Waals surface area contributed by atoms with E-state index in [-0.39, 0.29) is 11.9 Å². The number of benzene rings is 1. The molecule has 110 valence electrons. The van der Waals surface area contributed by atoms with Crippen LogP contribution in [0.25, 0.3) is 0 Å². The van der Waals surface area contributed by atoms with Crippen LogP contribution in [0.2, 0.25) is 0 Å². The zero-order chi connectivity index (χ0) is 14.8. The molecule has 2 rings (SSSR count). The van der Waals surface area contributed by atoms with Crippen molar-refractivity contribution in [2.24, 2.45) is 11.8 Å². The van der Waals surface area contributed by atoms with E-state index < -0.39 is 11.5 Å². The standard InChI is InChI=1S/C16H22O3S/c1-4-19-15(17)14(11(2)3)16(18)9-10-20-13-8-6-5-7-12(13)16/h5-8,11,14,18H,4,9-10H2,1-3H3. The Kier molecular flexibility index (Phi) is 4.76. The monoisotopic (exact) mass is 294 g/mol. The van der Waals surface area contributed by atoms with Crippen molar-refractivity contribution in [1.29, 1.82) is 0 Å². The summed E-state index contributed by atoms with van der Waals surface area (Å²) in [6.45, 7) is 6.06. The normalized spacial score (nSPS) is 23.2. The summed E-state index contributed by atoms with van der Waals surface area (Å²) in [5, 5.41) is 11.2. The molecule has 2 unspecified atom stereocenters. The summed E-state index contributed by atoms with van der Waals surface area (Å²) in [7, 11) is 0. The van der Waals surface area contributed by atoms with Crippen LogP contribution in [-0.4, -0.2) is 23.4 Å². The van der Waals surface area contributed by atoms with Crippen LogP contribution in [0, 0.1) is 11.8 Å². The molecule has 0 bridgehead atoms. The number of aliphatic hydroxyl groups is 1. The average molecular weight is 294 g/mol. The fourth-order valence-electron chi connectivity index (χ4n) is 2.98. The summed E-state index contributed by atoms with van der Waals surface area (Å²) in [5.74, 6) is 0.0160. The molecule has 1 aromatic carbocycles. The Hall–Kier alpha value is -1.00. The van der Waals surface area contributed by atoms with Gasteiger partial charge < -0.3 is 9.84 Å². The van der Waals surface area contributed by atoms with E-state index in [2.05, 4.69) is 0 Å². The molecule has 0 radical (unpaired) electrons. The number of esters is 1. The molecule has 2 atom stereocenters. The third kappa shape index (κ3) is 2.72. The molecule has 0 amide bonds. The summed E-state index contributed by atoms with van der Waals surface area (Å²) in [5.41, 5.74) is -0.259. The first-order chi connectivity index (χ1) is 9.50. The summed E-state index contributed by atoms with van der Waals surface area (Å²) in [6.07, 6.45) is 0.580. The van der Waals surface area contributed by atoms with Gasteiger partial charge in [-0.3, -0.25) is 4.79 Å². The minimum atomic E-state index is -1.12. The van der Waals surface area contributed by atoms with Crippen LogP contribution in [0.15, 0.2) is 29.2 Å². The Balaban J connectivity index is 2.45. The molecule has 1 aromatic rings. The van der Waals surface area contributed by atoms with E-state index in [0.717, 1.165) is 16.2 Å². The molecule has 0 fully saturated rings. The van der Waals surface area contributed by atoms with Gasteiger partial charge in [0, 0.05) is 10.6 Å². The first-order valence-corrected chi connectivity index (χ1v) is 8.10. The lowest BCUT2D eigenvalue weighted by Gasteiger charge is -2.40. The third-order valence-electron chi connectivity index (χ3n) is 3.82. The minimum Gasteiger partial charge on any atom is -0.466 e. The molecule has 0 saturated carbocycles. The molecule has 3 nitrogen and oxygen atoms in total. The first-order valence-electron chi connectivity index (χ1n) is 7.12. The maximum absolute atomic E-state index is 12.3. The molecular formula is C16H22O3S. The van der Waals surface area contributed by atoms with Crippen molar-refractivity contribution < 1.29 is 14.6 Å². The van der Waals surface area contributed by atoms with Crippen LogP contribution < -0.4 is 0 Å². The predicted molar refractivity (Wildman–Crippen MR) is 80.6 cm³/mol. The molecule has 0 aliphatic carbocycles. The number of ether oxygens (including phenoxy) is 1. The maximum atomic E-state index is 12.3. The van der Waals surface area contributed by atoms with Gasteiger partial charge in [-0.15, -0.1) is 11.8 Å². The van der Waals surface area contributed by atoms with Crippen molar-refractivity contribution in [1.82, 2.24) is 0 Å². The van der Waals surface area contributed by atoms with Gasteiger partial charge >= 0.3 is 5.97 Å². The van der Waals surface area contributed by atoms with Crippen LogP contribution in [-0.2, 0) is 15.1 Å².